The van der Waals surface area contributed by atoms with Gasteiger partial charge in [0.1, 0.15) is 0 Å². The summed E-state index contributed by atoms with van der Waals surface area (Å²) in [7, 11) is 0. The lowest BCUT2D eigenvalue weighted by atomic mass is 10.2. The summed E-state index contributed by atoms with van der Waals surface area (Å²) in [6, 6.07) is 6.00. The number of nitrogens with zero attached hydrogens (tertiary/aromatic N) is 3. The van der Waals surface area contributed by atoms with E-state index in [4.69, 9.17) is 5.73 Å². The van der Waals surface area contributed by atoms with Crippen molar-refractivity contribution in [3.8, 4) is 0 Å². The molecule has 0 aliphatic rings. The first-order chi connectivity index (χ1) is 9.58. The van der Waals surface area contributed by atoms with Gasteiger partial charge in [0.25, 0.3) is 0 Å². The third-order valence-electron chi connectivity index (χ3n) is 3.68. The molecule has 2 rings (SSSR count). The number of anilines is 1. The standard InChI is InChI=1S/C15H22N4O/c1-4-18(5-2)13(20)9-10-19-12-8-6-7-11(3)14(12)17-15(19)16/h6-8H,4-5,9-10H2,1-3H3,(H2,16,17). The van der Waals surface area contributed by atoms with Crippen molar-refractivity contribution in [1.29, 1.82) is 0 Å². The number of benzene rings is 1. The van der Waals surface area contributed by atoms with Crippen molar-refractivity contribution in [1.82, 2.24) is 14.5 Å². The number of nitrogens with two attached hydrogens (primary N) is 1. The lowest BCUT2D eigenvalue weighted by Gasteiger charge is -2.18. The van der Waals surface area contributed by atoms with Crippen LogP contribution in [0.25, 0.3) is 11.0 Å². The number of hydrogen-bond donors (Lipinski definition) is 1. The third kappa shape index (κ3) is 2.61. The molecule has 20 heavy (non-hydrogen) atoms. The van der Waals surface area contributed by atoms with E-state index in [2.05, 4.69) is 4.98 Å². The Morgan fingerprint density at radius 1 is 1.35 bits per heavy atom. The molecule has 2 N–H and O–H groups in total. The molecule has 1 aromatic heterocycles. The van der Waals surface area contributed by atoms with Crippen LogP contribution in [-0.2, 0) is 11.3 Å². The quantitative estimate of drug-likeness (QED) is 0.909. The van der Waals surface area contributed by atoms with E-state index in [9.17, 15) is 4.79 Å². The second-order valence-corrected chi connectivity index (χ2v) is 4.88. The maximum absolute atomic E-state index is 12.1. The summed E-state index contributed by atoms with van der Waals surface area (Å²) in [6.45, 7) is 8.06. The largest absolute Gasteiger partial charge is 0.369 e. The maximum atomic E-state index is 12.1. The van der Waals surface area contributed by atoms with Crippen LogP contribution >= 0.6 is 0 Å². The van der Waals surface area contributed by atoms with Crippen LogP contribution in [0.1, 0.15) is 25.8 Å². The molecule has 1 heterocycles. The third-order valence-corrected chi connectivity index (χ3v) is 3.68. The molecular weight excluding hydrogens is 252 g/mol. The lowest BCUT2D eigenvalue weighted by Crippen LogP contribution is -2.31. The van der Waals surface area contributed by atoms with Crippen LogP contribution in [0, 0.1) is 6.92 Å². The van der Waals surface area contributed by atoms with Crippen LogP contribution in [-0.4, -0.2) is 33.4 Å². The minimum Gasteiger partial charge on any atom is -0.369 e. The van der Waals surface area contributed by atoms with E-state index < -0.39 is 0 Å². The van der Waals surface area contributed by atoms with E-state index in [-0.39, 0.29) is 5.91 Å². The molecule has 1 aromatic carbocycles. The first kappa shape index (κ1) is 14.4. The van der Waals surface area contributed by atoms with Gasteiger partial charge >= 0.3 is 0 Å². The van der Waals surface area contributed by atoms with Gasteiger partial charge in [-0.25, -0.2) is 4.98 Å². The van der Waals surface area contributed by atoms with Gasteiger partial charge in [-0.15, -0.1) is 0 Å². The van der Waals surface area contributed by atoms with Crippen molar-refractivity contribution in [3.05, 3.63) is 23.8 Å². The van der Waals surface area contributed by atoms with Crippen molar-refractivity contribution in [3.63, 3.8) is 0 Å². The Kier molecular flexibility index (Phi) is 4.27. The Balaban J connectivity index is 2.20. The summed E-state index contributed by atoms with van der Waals surface area (Å²) >= 11 is 0. The SMILES string of the molecule is CCN(CC)C(=O)CCn1c(N)nc2c(C)cccc21. The zero-order valence-corrected chi connectivity index (χ0v) is 12.4. The number of rotatable bonds is 5. The number of amides is 1. The second-order valence-electron chi connectivity index (χ2n) is 4.88. The highest BCUT2D eigenvalue weighted by Crippen LogP contribution is 2.21. The normalized spacial score (nSPS) is 10.9. The molecule has 0 saturated heterocycles. The highest BCUT2D eigenvalue weighted by atomic mass is 16.2. The summed E-state index contributed by atoms with van der Waals surface area (Å²) in [5.41, 5.74) is 8.99. The molecule has 1 amide bonds. The first-order valence-electron chi connectivity index (χ1n) is 7.07. The van der Waals surface area contributed by atoms with Crippen LogP contribution in [0.2, 0.25) is 0 Å². The molecule has 2 aromatic rings. The first-order valence-corrected chi connectivity index (χ1v) is 7.07. The minimum absolute atomic E-state index is 0.156. The monoisotopic (exact) mass is 274 g/mol. The predicted octanol–water partition coefficient (Wildman–Crippen LogP) is 2.19. The lowest BCUT2D eigenvalue weighted by molar-refractivity contribution is -0.131. The molecule has 0 aliphatic heterocycles. The van der Waals surface area contributed by atoms with Gasteiger partial charge in [-0.05, 0) is 32.4 Å². The Bertz CT molecular complexity index is 614. The van der Waals surface area contributed by atoms with Crippen molar-refractivity contribution in [2.45, 2.75) is 33.7 Å². The number of aromatic nitrogens is 2. The van der Waals surface area contributed by atoms with E-state index in [0.29, 0.717) is 18.9 Å². The molecular formula is C15H22N4O. The van der Waals surface area contributed by atoms with Gasteiger partial charge in [0.05, 0.1) is 11.0 Å². The molecule has 0 spiro atoms. The summed E-state index contributed by atoms with van der Waals surface area (Å²) in [5, 5.41) is 0. The van der Waals surface area contributed by atoms with Gasteiger partial charge in [-0.2, -0.15) is 0 Å². The number of para-hydroxylation sites is 1. The van der Waals surface area contributed by atoms with Gasteiger partial charge in [0, 0.05) is 26.1 Å². The van der Waals surface area contributed by atoms with Crippen molar-refractivity contribution >= 4 is 22.9 Å². The maximum Gasteiger partial charge on any atom is 0.224 e. The Morgan fingerprint density at radius 2 is 2.05 bits per heavy atom. The number of fused-ring (bicyclic) bond motifs is 1. The zero-order valence-electron chi connectivity index (χ0n) is 12.4. The average molecular weight is 274 g/mol. The fourth-order valence-corrected chi connectivity index (χ4v) is 2.48. The predicted molar refractivity (Wildman–Crippen MR) is 81.4 cm³/mol. The molecule has 5 nitrogen and oxygen atoms in total. The van der Waals surface area contributed by atoms with Gasteiger partial charge in [0.15, 0.2) is 0 Å². The van der Waals surface area contributed by atoms with Gasteiger partial charge in [-0.1, -0.05) is 12.1 Å². The van der Waals surface area contributed by atoms with Gasteiger partial charge in [0.2, 0.25) is 11.9 Å². The second kappa shape index (κ2) is 5.94. The topological polar surface area (TPSA) is 64.2 Å². The number of aryl methyl sites for hydroxylation is 2. The summed E-state index contributed by atoms with van der Waals surface area (Å²) < 4.78 is 1.92. The zero-order chi connectivity index (χ0) is 14.7. The van der Waals surface area contributed by atoms with Gasteiger partial charge < -0.3 is 15.2 Å². The summed E-state index contributed by atoms with van der Waals surface area (Å²) in [5.74, 6) is 0.630. The number of imidazole rings is 1. The number of carbonyl (C=O) groups excluding carboxylic acids is 1. The summed E-state index contributed by atoms with van der Waals surface area (Å²) in [4.78, 5) is 18.3. The van der Waals surface area contributed by atoms with E-state index in [0.717, 1.165) is 29.7 Å². The molecule has 0 saturated carbocycles. The molecule has 0 fully saturated rings. The van der Waals surface area contributed by atoms with E-state index in [1.54, 1.807) is 0 Å². The van der Waals surface area contributed by atoms with Crippen molar-refractivity contribution < 1.29 is 4.79 Å². The molecule has 0 radical (unpaired) electrons. The molecule has 0 atom stereocenters. The highest BCUT2D eigenvalue weighted by molar-refractivity contribution is 5.82. The Hall–Kier alpha value is -2.04. The van der Waals surface area contributed by atoms with Crippen molar-refractivity contribution in [2.75, 3.05) is 18.8 Å². The Morgan fingerprint density at radius 3 is 2.70 bits per heavy atom. The van der Waals surface area contributed by atoms with Crippen LogP contribution < -0.4 is 5.73 Å². The van der Waals surface area contributed by atoms with Crippen LogP contribution in [0.3, 0.4) is 0 Å². The van der Waals surface area contributed by atoms with Crippen LogP contribution in [0.15, 0.2) is 18.2 Å². The fraction of sp³-hybridized carbons (Fsp3) is 0.467. The smallest absolute Gasteiger partial charge is 0.224 e. The van der Waals surface area contributed by atoms with Crippen LogP contribution in [0.5, 0.6) is 0 Å². The van der Waals surface area contributed by atoms with Crippen LogP contribution in [0.4, 0.5) is 5.95 Å². The molecule has 0 bridgehead atoms. The average Bonchev–Trinajstić information content (AvgIpc) is 2.75. The Labute approximate surface area is 119 Å². The number of nitrogen functional groups attached to an aromatic ring is 1. The summed E-state index contributed by atoms with van der Waals surface area (Å²) in [6.07, 6.45) is 0.450. The van der Waals surface area contributed by atoms with Gasteiger partial charge in [-0.3, -0.25) is 4.79 Å². The van der Waals surface area contributed by atoms with E-state index in [1.165, 1.54) is 0 Å². The molecule has 0 aliphatic carbocycles. The molecule has 108 valence electrons. The molecule has 5 heteroatoms. The number of carbonyl (C=O) groups is 1. The van der Waals surface area contributed by atoms with Crippen molar-refractivity contribution in [2.24, 2.45) is 0 Å². The minimum atomic E-state index is 0.156. The molecule has 0 unspecified atom stereocenters. The number of hydrogen-bond acceptors (Lipinski definition) is 3. The van der Waals surface area contributed by atoms with E-state index in [1.807, 2.05) is 48.4 Å². The highest BCUT2D eigenvalue weighted by Gasteiger charge is 2.13. The van der Waals surface area contributed by atoms with E-state index >= 15 is 0 Å². The fourth-order valence-electron chi connectivity index (χ4n) is 2.48.